The number of aliphatic hydroxyl groups excluding tert-OH is 1. The molecule has 1 unspecified atom stereocenters. The molecule has 0 saturated carbocycles. The lowest BCUT2D eigenvalue weighted by atomic mass is 10.2. The average Bonchev–Trinajstić information content (AvgIpc) is 2.20. The van der Waals surface area contributed by atoms with Crippen LogP contribution in [0.4, 0.5) is 5.69 Å². The van der Waals surface area contributed by atoms with Crippen molar-refractivity contribution >= 4 is 23.4 Å². The van der Waals surface area contributed by atoms with Crippen LogP contribution in [0.3, 0.4) is 0 Å². The summed E-state index contributed by atoms with van der Waals surface area (Å²) in [5.41, 5.74) is 11.9. The van der Waals surface area contributed by atoms with Gasteiger partial charge in [-0.15, -0.1) is 11.8 Å². The zero-order valence-electron chi connectivity index (χ0n) is 8.43. The van der Waals surface area contributed by atoms with E-state index in [1.807, 2.05) is 6.92 Å². The average molecular weight is 226 g/mol. The molecule has 0 aliphatic heterocycles. The van der Waals surface area contributed by atoms with E-state index in [4.69, 9.17) is 16.6 Å². The fourth-order valence-electron chi connectivity index (χ4n) is 1.04. The van der Waals surface area contributed by atoms with Gasteiger partial charge in [-0.25, -0.2) is 0 Å². The minimum atomic E-state index is -0.478. The van der Waals surface area contributed by atoms with E-state index in [0.717, 1.165) is 4.90 Å². The van der Waals surface area contributed by atoms with Gasteiger partial charge in [-0.1, -0.05) is 6.92 Å². The normalized spacial score (nSPS) is 12.4. The number of primary amides is 1. The summed E-state index contributed by atoms with van der Waals surface area (Å²) in [6.07, 6.45) is 0. The monoisotopic (exact) mass is 226 g/mol. The van der Waals surface area contributed by atoms with Crippen LogP contribution in [-0.2, 0) is 0 Å². The zero-order valence-corrected chi connectivity index (χ0v) is 9.25. The number of hydrogen-bond acceptors (Lipinski definition) is 4. The summed E-state index contributed by atoms with van der Waals surface area (Å²) in [6.45, 7) is 1.94. The third-order valence-corrected chi connectivity index (χ3v) is 3.04. The van der Waals surface area contributed by atoms with Gasteiger partial charge in [0.2, 0.25) is 5.91 Å². The third kappa shape index (κ3) is 3.14. The first-order valence-corrected chi connectivity index (χ1v) is 5.39. The first-order valence-electron chi connectivity index (χ1n) is 4.51. The second-order valence-corrected chi connectivity index (χ2v) is 4.71. The maximum Gasteiger partial charge on any atom is 0.248 e. The van der Waals surface area contributed by atoms with Crippen LogP contribution >= 0.6 is 11.8 Å². The molecule has 1 aromatic rings. The molecule has 1 amide bonds. The van der Waals surface area contributed by atoms with Gasteiger partial charge >= 0.3 is 0 Å². The standard InChI is InChI=1S/C10H14N2O2S/c1-6(5-13)15-9-4-7(10(12)14)2-3-8(9)11/h2-4,6,13H,5,11H2,1H3,(H2,12,14). The molecular formula is C10H14N2O2S. The van der Waals surface area contributed by atoms with Crippen molar-refractivity contribution in [2.45, 2.75) is 17.1 Å². The van der Waals surface area contributed by atoms with Crippen molar-refractivity contribution < 1.29 is 9.90 Å². The summed E-state index contributed by atoms with van der Waals surface area (Å²) in [4.78, 5) is 11.7. The van der Waals surface area contributed by atoms with Crippen LogP contribution in [0.25, 0.3) is 0 Å². The molecule has 5 heteroatoms. The maximum atomic E-state index is 10.9. The molecule has 1 aromatic carbocycles. The van der Waals surface area contributed by atoms with Crippen LogP contribution in [0.15, 0.2) is 23.1 Å². The van der Waals surface area contributed by atoms with E-state index in [9.17, 15) is 4.79 Å². The summed E-state index contributed by atoms with van der Waals surface area (Å²) in [5.74, 6) is -0.478. The molecule has 0 aliphatic carbocycles. The smallest absolute Gasteiger partial charge is 0.248 e. The van der Waals surface area contributed by atoms with Gasteiger partial charge in [-0.3, -0.25) is 4.79 Å². The minimum absolute atomic E-state index is 0.0374. The predicted molar refractivity (Wildman–Crippen MR) is 61.8 cm³/mol. The number of nitrogen functional groups attached to an aromatic ring is 1. The van der Waals surface area contributed by atoms with Crippen LogP contribution in [0.2, 0.25) is 0 Å². The van der Waals surface area contributed by atoms with Crippen molar-refractivity contribution in [3.8, 4) is 0 Å². The van der Waals surface area contributed by atoms with Gasteiger partial charge in [0.05, 0.1) is 6.61 Å². The lowest BCUT2D eigenvalue weighted by molar-refractivity contribution is 0.1000. The van der Waals surface area contributed by atoms with Gasteiger partial charge in [-0.2, -0.15) is 0 Å². The molecule has 15 heavy (non-hydrogen) atoms. The fraction of sp³-hybridized carbons (Fsp3) is 0.300. The number of nitrogens with two attached hydrogens (primary N) is 2. The van der Waals surface area contributed by atoms with Gasteiger partial charge in [0.15, 0.2) is 0 Å². The number of rotatable bonds is 4. The Kier molecular flexibility index (Phi) is 3.99. The quantitative estimate of drug-likeness (QED) is 0.524. The van der Waals surface area contributed by atoms with Crippen molar-refractivity contribution in [1.82, 2.24) is 0 Å². The highest BCUT2D eigenvalue weighted by atomic mass is 32.2. The van der Waals surface area contributed by atoms with Crippen LogP contribution in [0.1, 0.15) is 17.3 Å². The summed E-state index contributed by atoms with van der Waals surface area (Å²) in [6, 6.07) is 4.88. The van der Waals surface area contributed by atoms with E-state index >= 15 is 0 Å². The first kappa shape index (κ1) is 11.9. The first-order chi connectivity index (χ1) is 7.04. The molecule has 1 atom stereocenters. The molecule has 0 saturated heterocycles. The van der Waals surface area contributed by atoms with Crippen LogP contribution < -0.4 is 11.5 Å². The van der Waals surface area contributed by atoms with Crippen molar-refractivity contribution in [2.75, 3.05) is 12.3 Å². The number of carbonyl (C=O) groups is 1. The van der Waals surface area contributed by atoms with E-state index in [-0.39, 0.29) is 11.9 Å². The van der Waals surface area contributed by atoms with Gasteiger partial charge < -0.3 is 16.6 Å². The number of anilines is 1. The molecule has 0 spiro atoms. The molecule has 0 fully saturated rings. The second kappa shape index (κ2) is 5.04. The Bertz CT molecular complexity index is 368. The summed E-state index contributed by atoms with van der Waals surface area (Å²) in [5, 5.41) is 8.95. The molecular weight excluding hydrogens is 212 g/mol. The Hall–Kier alpha value is -1.20. The Labute approximate surface area is 92.6 Å². The molecule has 1 rings (SSSR count). The Balaban J connectivity index is 2.95. The highest BCUT2D eigenvalue weighted by Crippen LogP contribution is 2.29. The van der Waals surface area contributed by atoms with Crippen LogP contribution in [0, 0.1) is 0 Å². The Morgan fingerprint density at radius 3 is 2.80 bits per heavy atom. The maximum absolute atomic E-state index is 10.9. The van der Waals surface area contributed by atoms with Gasteiger partial charge in [0.1, 0.15) is 0 Å². The molecule has 0 heterocycles. The van der Waals surface area contributed by atoms with E-state index in [1.54, 1.807) is 18.2 Å². The minimum Gasteiger partial charge on any atom is -0.398 e. The Morgan fingerprint density at radius 2 is 2.27 bits per heavy atom. The van der Waals surface area contributed by atoms with Crippen molar-refractivity contribution in [2.24, 2.45) is 5.73 Å². The molecule has 0 aromatic heterocycles. The molecule has 0 radical (unpaired) electrons. The number of benzene rings is 1. The largest absolute Gasteiger partial charge is 0.398 e. The van der Waals surface area contributed by atoms with E-state index in [2.05, 4.69) is 0 Å². The van der Waals surface area contributed by atoms with Crippen molar-refractivity contribution in [1.29, 1.82) is 0 Å². The van der Waals surface area contributed by atoms with Gasteiger partial charge in [0.25, 0.3) is 0 Å². The fourth-order valence-corrected chi connectivity index (χ4v) is 1.95. The number of aliphatic hydroxyl groups is 1. The Morgan fingerprint density at radius 1 is 1.60 bits per heavy atom. The van der Waals surface area contributed by atoms with Gasteiger partial charge in [-0.05, 0) is 18.2 Å². The summed E-state index contributed by atoms with van der Waals surface area (Å²) in [7, 11) is 0. The summed E-state index contributed by atoms with van der Waals surface area (Å²) < 4.78 is 0. The summed E-state index contributed by atoms with van der Waals surface area (Å²) >= 11 is 1.42. The number of carbonyl (C=O) groups excluding carboxylic acids is 1. The van der Waals surface area contributed by atoms with Crippen LogP contribution in [-0.4, -0.2) is 22.9 Å². The van der Waals surface area contributed by atoms with Crippen LogP contribution in [0.5, 0.6) is 0 Å². The second-order valence-electron chi connectivity index (χ2n) is 3.23. The molecule has 82 valence electrons. The molecule has 4 nitrogen and oxygen atoms in total. The van der Waals surface area contributed by atoms with Crippen molar-refractivity contribution in [3.63, 3.8) is 0 Å². The van der Waals surface area contributed by atoms with Gasteiger partial charge in [0, 0.05) is 21.4 Å². The highest BCUT2D eigenvalue weighted by molar-refractivity contribution is 8.00. The van der Waals surface area contributed by atoms with Crippen molar-refractivity contribution in [3.05, 3.63) is 23.8 Å². The molecule has 5 N–H and O–H groups in total. The van der Waals surface area contributed by atoms with E-state index in [0.29, 0.717) is 11.3 Å². The predicted octanol–water partition coefficient (Wildman–Crippen LogP) is 0.841. The molecule has 0 bridgehead atoms. The van der Waals surface area contributed by atoms with E-state index in [1.165, 1.54) is 11.8 Å². The number of hydrogen-bond donors (Lipinski definition) is 3. The lowest BCUT2D eigenvalue weighted by Gasteiger charge is -2.10. The highest BCUT2D eigenvalue weighted by Gasteiger charge is 2.09. The topological polar surface area (TPSA) is 89.3 Å². The number of thioether (sulfide) groups is 1. The SMILES string of the molecule is CC(CO)Sc1cc(C(N)=O)ccc1N. The third-order valence-electron chi connectivity index (χ3n) is 1.88. The lowest BCUT2D eigenvalue weighted by Crippen LogP contribution is -2.11. The van der Waals surface area contributed by atoms with E-state index < -0.39 is 5.91 Å². The number of amides is 1. The molecule has 0 aliphatic rings. The zero-order chi connectivity index (χ0) is 11.4.